The van der Waals surface area contributed by atoms with Gasteiger partial charge in [-0.25, -0.2) is 4.79 Å². The van der Waals surface area contributed by atoms with Crippen molar-refractivity contribution in [2.75, 3.05) is 7.05 Å². The Morgan fingerprint density at radius 2 is 1.90 bits per heavy atom. The van der Waals surface area contributed by atoms with E-state index >= 15 is 0 Å². The summed E-state index contributed by atoms with van der Waals surface area (Å²) in [5, 5.41) is 5.43. The van der Waals surface area contributed by atoms with Gasteiger partial charge in [0.05, 0.1) is 17.1 Å². The van der Waals surface area contributed by atoms with Crippen molar-refractivity contribution >= 4 is 38.3 Å². The van der Waals surface area contributed by atoms with E-state index in [4.69, 9.17) is 0 Å². The fourth-order valence-electron chi connectivity index (χ4n) is 2.66. The molecule has 1 unspecified atom stereocenters. The van der Waals surface area contributed by atoms with Crippen LogP contribution in [0.25, 0.3) is 11.0 Å². The molecular weight excluding hydrogens is 350 g/mol. The van der Waals surface area contributed by atoms with E-state index in [9.17, 15) is 4.79 Å². The number of thiophene rings is 1. The summed E-state index contributed by atoms with van der Waals surface area (Å²) in [6.07, 6.45) is 0. The Balaban J connectivity index is 2.26. The first kappa shape index (κ1) is 14.6. The highest BCUT2D eigenvalue weighted by Crippen LogP contribution is 2.33. The monoisotopic (exact) mass is 365 g/mol. The SMILES string of the molecule is CNC(c1cccs1)c1cc2c(cc1Br)n(C)c(=O)n2C. The Morgan fingerprint density at radius 3 is 2.48 bits per heavy atom. The number of halogens is 1. The molecule has 0 saturated carbocycles. The fourth-order valence-corrected chi connectivity index (χ4v) is 4.08. The Labute approximate surface area is 135 Å². The van der Waals surface area contributed by atoms with Gasteiger partial charge in [-0.3, -0.25) is 9.13 Å². The van der Waals surface area contributed by atoms with Crippen molar-refractivity contribution in [1.82, 2.24) is 14.5 Å². The number of rotatable bonds is 3. The maximum Gasteiger partial charge on any atom is 0.328 e. The maximum atomic E-state index is 12.1. The molecule has 3 rings (SSSR count). The van der Waals surface area contributed by atoms with Crippen LogP contribution in [-0.2, 0) is 14.1 Å². The van der Waals surface area contributed by atoms with Gasteiger partial charge in [-0.2, -0.15) is 0 Å². The van der Waals surface area contributed by atoms with Gasteiger partial charge in [0, 0.05) is 23.4 Å². The molecule has 1 atom stereocenters. The van der Waals surface area contributed by atoms with E-state index in [1.165, 1.54) is 4.88 Å². The molecule has 0 aliphatic carbocycles. The summed E-state index contributed by atoms with van der Waals surface area (Å²) in [4.78, 5) is 13.3. The molecule has 0 aliphatic rings. The van der Waals surface area contributed by atoms with Gasteiger partial charge in [0.25, 0.3) is 0 Å². The predicted octanol–water partition coefficient (Wildman–Crippen LogP) is 3.01. The summed E-state index contributed by atoms with van der Waals surface area (Å²) in [5.41, 5.74) is 3.00. The normalized spacial score (nSPS) is 13.0. The molecule has 0 saturated heterocycles. The highest BCUT2D eigenvalue weighted by atomic mass is 79.9. The van der Waals surface area contributed by atoms with Gasteiger partial charge >= 0.3 is 5.69 Å². The van der Waals surface area contributed by atoms with E-state index in [-0.39, 0.29) is 11.7 Å². The van der Waals surface area contributed by atoms with Crippen LogP contribution in [0, 0.1) is 0 Å². The van der Waals surface area contributed by atoms with E-state index in [0.29, 0.717) is 0 Å². The van der Waals surface area contributed by atoms with Gasteiger partial charge in [-0.1, -0.05) is 22.0 Å². The number of benzene rings is 1. The third-order valence-electron chi connectivity index (χ3n) is 3.82. The lowest BCUT2D eigenvalue weighted by Gasteiger charge is -2.17. The third kappa shape index (κ3) is 2.27. The van der Waals surface area contributed by atoms with Crippen molar-refractivity contribution in [2.24, 2.45) is 14.1 Å². The first-order valence-electron chi connectivity index (χ1n) is 6.60. The van der Waals surface area contributed by atoms with Gasteiger partial charge in [0.1, 0.15) is 0 Å². The smallest absolute Gasteiger partial charge is 0.309 e. The molecular formula is C15H16BrN3OS. The van der Waals surface area contributed by atoms with Crippen molar-refractivity contribution < 1.29 is 0 Å². The average molecular weight is 366 g/mol. The molecule has 4 nitrogen and oxygen atoms in total. The number of aromatic nitrogens is 2. The van der Waals surface area contributed by atoms with Crippen LogP contribution in [0.4, 0.5) is 0 Å². The van der Waals surface area contributed by atoms with Crippen LogP contribution in [0.2, 0.25) is 0 Å². The van der Waals surface area contributed by atoms with Gasteiger partial charge in [-0.05, 0) is 36.2 Å². The van der Waals surface area contributed by atoms with E-state index in [2.05, 4.69) is 44.8 Å². The molecule has 1 N–H and O–H groups in total. The Bertz CT molecular complexity index is 848. The second-order valence-electron chi connectivity index (χ2n) is 5.00. The van der Waals surface area contributed by atoms with Crippen LogP contribution < -0.4 is 11.0 Å². The lowest BCUT2D eigenvalue weighted by atomic mass is 10.0. The second kappa shape index (κ2) is 5.44. The first-order valence-corrected chi connectivity index (χ1v) is 8.27. The molecule has 6 heteroatoms. The molecule has 2 heterocycles. The Hall–Kier alpha value is -1.37. The van der Waals surface area contributed by atoms with Crippen LogP contribution in [0.1, 0.15) is 16.5 Å². The molecule has 1 aromatic carbocycles. The number of aryl methyl sites for hydroxylation is 2. The summed E-state index contributed by atoms with van der Waals surface area (Å²) in [7, 11) is 5.55. The highest BCUT2D eigenvalue weighted by Gasteiger charge is 2.19. The summed E-state index contributed by atoms with van der Waals surface area (Å²) >= 11 is 5.37. The minimum atomic E-state index is -0.00817. The molecule has 0 aliphatic heterocycles. The van der Waals surface area contributed by atoms with E-state index in [1.54, 1.807) is 27.5 Å². The topological polar surface area (TPSA) is 39.0 Å². The standard InChI is InChI=1S/C15H16BrN3OS/c1-17-14(13-5-4-6-21-13)9-7-11-12(8-10(9)16)19(3)15(20)18(11)2/h4-8,14,17H,1-3H3. The molecule has 21 heavy (non-hydrogen) atoms. The quantitative estimate of drug-likeness (QED) is 0.774. The lowest BCUT2D eigenvalue weighted by Crippen LogP contribution is -2.19. The summed E-state index contributed by atoms with van der Waals surface area (Å²) < 4.78 is 4.36. The zero-order chi connectivity index (χ0) is 15.1. The van der Waals surface area contributed by atoms with Crippen LogP contribution in [0.5, 0.6) is 0 Å². The highest BCUT2D eigenvalue weighted by molar-refractivity contribution is 9.10. The summed E-state index contributed by atoms with van der Waals surface area (Å²) in [6.45, 7) is 0. The van der Waals surface area contributed by atoms with E-state index in [1.807, 2.05) is 20.2 Å². The van der Waals surface area contributed by atoms with Crippen molar-refractivity contribution in [3.05, 3.63) is 55.0 Å². The molecule has 110 valence electrons. The molecule has 0 spiro atoms. The second-order valence-corrected chi connectivity index (χ2v) is 6.83. The van der Waals surface area contributed by atoms with Crippen molar-refractivity contribution in [3.8, 4) is 0 Å². The summed E-state index contributed by atoms with van der Waals surface area (Å²) in [6, 6.07) is 8.38. The molecule has 2 aromatic heterocycles. The van der Waals surface area contributed by atoms with Crippen molar-refractivity contribution in [2.45, 2.75) is 6.04 Å². The number of nitrogens with zero attached hydrogens (tertiary/aromatic N) is 2. The zero-order valence-electron chi connectivity index (χ0n) is 12.1. The average Bonchev–Trinajstić information content (AvgIpc) is 3.06. The van der Waals surface area contributed by atoms with Gasteiger partial charge in [-0.15, -0.1) is 11.3 Å². The molecule has 0 radical (unpaired) electrons. The van der Waals surface area contributed by atoms with Crippen LogP contribution >= 0.6 is 27.3 Å². The number of nitrogens with one attached hydrogen (secondary N) is 1. The van der Waals surface area contributed by atoms with Crippen LogP contribution in [0.15, 0.2) is 38.9 Å². The number of hydrogen-bond donors (Lipinski definition) is 1. The molecule has 0 bridgehead atoms. The van der Waals surface area contributed by atoms with Crippen LogP contribution in [-0.4, -0.2) is 16.2 Å². The number of imidazole rings is 1. The third-order valence-corrected chi connectivity index (χ3v) is 5.44. The molecule has 0 fully saturated rings. The Morgan fingerprint density at radius 1 is 1.24 bits per heavy atom. The largest absolute Gasteiger partial charge is 0.328 e. The zero-order valence-corrected chi connectivity index (χ0v) is 14.5. The molecule has 3 aromatic rings. The van der Waals surface area contributed by atoms with E-state index < -0.39 is 0 Å². The van der Waals surface area contributed by atoms with Gasteiger partial charge < -0.3 is 5.32 Å². The van der Waals surface area contributed by atoms with E-state index in [0.717, 1.165) is 21.1 Å². The van der Waals surface area contributed by atoms with Crippen molar-refractivity contribution in [3.63, 3.8) is 0 Å². The predicted molar refractivity (Wildman–Crippen MR) is 91.1 cm³/mol. The van der Waals surface area contributed by atoms with Gasteiger partial charge in [0.2, 0.25) is 0 Å². The van der Waals surface area contributed by atoms with Gasteiger partial charge in [0.15, 0.2) is 0 Å². The number of hydrogen-bond acceptors (Lipinski definition) is 3. The fraction of sp³-hybridized carbons (Fsp3) is 0.267. The first-order chi connectivity index (χ1) is 10.0. The minimum Gasteiger partial charge on any atom is -0.309 e. The maximum absolute atomic E-state index is 12.1. The van der Waals surface area contributed by atoms with Crippen molar-refractivity contribution in [1.29, 1.82) is 0 Å². The minimum absolute atomic E-state index is 0.00817. The molecule has 0 amide bonds. The lowest BCUT2D eigenvalue weighted by molar-refractivity contribution is 0.701. The van der Waals surface area contributed by atoms with Crippen LogP contribution in [0.3, 0.4) is 0 Å². The summed E-state index contributed by atoms with van der Waals surface area (Å²) in [5.74, 6) is 0. The number of fused-ring (bicyclic) bond motifs is 1. The Kier molecular flexibility index (Phi) is 3.77.